The zero-order valence-corrected chi connectivity index (χ0v) is 20.5. The second-order valence-electron chi connectivity index (χ2n) is 9.68. The maximum Gasteiger partial charge on any atom is 0.271 e. The molecule has 0 aliphatic heterocycles. The zero-order chi connectivity index (χ0) is 25.8. The molecule has 1 heterocycles. The monoisotopic (exact) mass is 476 g/mol. The van der Waals surface area contributed by atoms with E-state index >= 15 is 0 Å². The lowest BCUT2D eigenvalue weighted by Gasteiger charge is -2.21. The molecule has 0 spiro atoms. The molecule has 35 heavy (non-hydrogen) atoms. The SMILES string of the molecule is CCC(C(=N)CCc1c(C(C)(C)C)[nH]c2cc([N+](=O)[O-])ccc12)c1ccc(/C=C/C(=O)NO)cc1. The van der Waals surface area contributed by atoms with Crippen LogP contribution in [-0.4, -0.2) is 26.7 Å². The molecule has 2 aromatic carbocycles. The van der Waals surface area contributed by atoms with Crippen molar-refractivity contribution in [3.63, 3.8) is 0 Å². The largest absolute Gasteiger partial charge is 0.358 e. The normalized spacial score (nSPS) is 12.7. The molecule has 0 aliphatic rings. The summed E-state index contributed by atoms with van der Waals surface area (Å²) in [6.07, 6.45) is 4.88. The van der Waals surface area contributed by atoms with Gasteiger partial charge in [-0.15, -0.1) is 0 Å². The van der Waals surface area contributed by atoms with Gasteiger partial charge < -0.3 is 10.4 Å². The summed E-state index contributed by atoms with van der Waals surface area (Å²) in [6.45, 7) is 8.38. The third-order valence-corrected chi connectivity index (χ3v) is 6.20. The zero-order valence-electron chi connectivity index (χ0n) is 20.5. The Balaban J connectivity index is 1.82. The highest BCUT2D eigenvalue weighted by atomic mass is 16.6. The molecule has 1 amide bonds. The number of aryl methyl sites for hydroxylation is 1. The summed E-state index contributed by atoms with van der Waals surface area (Å²) in [4.78, 5) is 25.4. The number of nitro groups is 1. The van der Waals surface area contributed by atoms with E-state index in [2.05, 4.69) is 32.7 Å². The number of carbonyl (C=O) groups is 1. The molecule has 4 N–H and O–H groups in total. The summed E-state index contributed by atoms with van der Waals surface area (Å²) in [5.74, 6) is -0.623. The number of hydrogen-bond donors (Lipinski definition) is 4. The number of aromatic nitrogens is 1. The average Bonchev–Trinajstić information content (AvgIpc) is 3.20. The van der Waals surface area contributed by atoms with Crippen molar-refractivity contribution in [2.45, 2.75) is 58.3 Å². The van der Waals surface area contributed by atoms with Gasteiger partial charge in [-0.05, 0) is 48.1 Å². The number of nitro benzene ring substituents is 1. The van der Waals surface area contributed by atoms with Crippen LogP contribution in [0.25, 0.3) is 17.0 Å². The predicted octanol–water partition coefficient (Wildman–Crippen LogP) is 6.04. The van der Waals surface area contributed by atoms with Gasteiger partial charge in [0.05, 0.1) is 10.4 Å². The van der Waals surface area contributed by atoms with E-state index in [9.17, 15) is 14.9 Å². The van der Waals surface area contributed by atoms with E-state index in [1.807, 2.05) is 24.3 Å². The quantitative estimate of drug-likeness (QED) is 0.0985. The van der Waals surface area contributed by atoms with Crippen LogP contribution in [0, 0.1) is 15.5 Å². The topological polar surface area (TPSA) is 132 Å². The van der Waals surface area contributed by atoms with E-state index in [1.165, 1.54) is 12.1 Å². The third-order valence-electron chi connectivity index (χ3n) is 6.20. The Bertz CT molecular complexity index is 1270. The van der Waals surface area contributed by atoms with Gasteiger partial charge in [-0.1, -0.05) is 52.0 Å². The number of H-pyrrole nitrogens is 1. The Kier molecular flexibility index (Phi) is 7.86. The van der Waals surface area contributed by atoms with E-state index in [-0.39, 0.29) is 21.9 Å². The fourth-order valence-corrected chi connectivity index (χ4v) is 4.42. The first kappa shape index (κ1) is 25.8. The Hall–Kier alpha value is -3.78. The van der Waals surface area contributed by atoms with E-state index in [0.717, 1.165) is 39.7 Å². The smallest absolute Gasteiger partial charge is 0.271 e. The first-order chi connectivity index (χ1) is 16.5. The van der Waals surface area contributed by atoms with Crippen LogP contribution in [0.4, 0.5) is 5.69 Å². The number of hydrogen-bond acceptors (Lipinski definition) is 5. The minimum Gasteiger partial charge on any atom is -0.358 e. The second-order valence-corrected chi connectivity index (χ2v) is 9.68. The van der Waals surface area contributed by atoms with Crippen LogP contribution < -0.4 is 5.48 Å². The number of aromatic amines is 1. The van der Waals surface area contributed by atoms with Gasteiger partial charge in [-0.2, -0.15) is 0 Å². The fourth-order valence-electron chi connectivity index (χ4n) is 4.42. The molecule has 3 rings (SSSR count). The summed E-state index contributed by atoms with van der Waals surface area (Å²) in [7, 11) is 0. The maximum atomic E-state index is 11.2. The van der Waals surface area contributed by atoms with Crippen LogP contribution in [0.1, 0.15) is 68.8 Å². The molecule has 1 unspecified atom stereocenters. The first-order valence-corrected chi connectivity index (χ1v) is 11.6. The molecule has 8 heteroatoms. The summed E-state index contributed by atoms with van der Waals surface area (Å²) in [5, 5.41) is 29.6. The van der Waals surface area contributed by atoms with Gasteiger partial charge in [-0.25, -0.2) is 5.48 Å². The van der Waals surface area contributed by atoms with Gasteiger partial charge >= 0.3 is 0 Å². The number of rotatable bonds is 9. The Morgan fingerprint density at radius 1 is 1.23 bits per heavy atom. The number of fused-ring (bicyclic) bond motifs is 1. The molecule has 8 nitrogen and oxygen atoms in total. The van der Waals surface area contributed by atoms with Crippen LogP contribution in [0.5, 0.6) is 0 Å². The lowest BCUT2D eigenvalue weighted by Crippen LogP contribution is -2.16. The lowest BCUT2D eigenvalue weighted by atomic mass is 9.85. The molecule has 0 aliphatic carbocycles. The van der Waals surface area contributed by atoms with Crippen molar-refractivity contribution >= 4 is 34.3 Å². The van der Waals surface area contributed by atoms with E-state index in [0.29, 0.717) is 18.6 Å². The molecule has 0 bridgehead atoms. The molecular weight excluding hydrogens is 444 g/mol. The van der Waals surface area contributed by atoms with E-state index in [1.54, 1.807) is 23.7 Å². The average molecular weight is 477 g/mol. The molecule has 184 valence electrons. The van der Waals surface area contributed by atoms with Crippen LogP contribution in [0.2, 0.25) is 0 Å². The van der Waals surface area contributed by atoms with Crippen LogP contribution in [-0.2, 0) is 16.6 Å². The standard InChI is InChI=1S/C27H32N4O4/c1-5-20(18-9-6-17(7-10-18)8-15-25(32)30-33)23(28)14-13-22-21-12-11-19(31(34)35)16-24(21)29-26(22)27(2,3)4/h6-12,15-16,20,28-29,33H,5,13-14H2,1-4H3,(H,30,32)/b15-8+,28-23?. The molecule has 3 aromatic rings. The Morgan fingerprint density at radius 3 is 2.49 bits per heavy atom. The Morgan fingerprint density at radius 2 is 1.91 bits per heavy atom. The number of hydroxylamine groups is 1. The molecule has 1 atom stereocenters. The van der Waals surface area contributed by atoms with Crippen molar-refractivity contribution in [3.05, 3.63) is 81.0 Å². The Labute approximate surface area is 204 Å². The minimum atomic E-state index is -0.594. The third kappa shape index (κ3) is 6.02. The number of carbonyl (C=O) groups excluding carboxylic acids is 1. The highest BCUT2D eigenvalue weighted by Gasteiger charge is 2.24. The van der Waals surface area contributed by atoms with Gasteiger partial charge in [0.25, 0.3) is 11.6 Å². The fraction of sp³-hybridized carbons (Fsp3) is 0.333. The van der Waals surface area contributed by atoms with Gasteiger partial charge in [0.2, 0.25) is 0 Å². The molecule has 0 saturated carbocycles. The number of nitrogens with zero attached hydrogens (tertiary/aromatic N) is 1. The molecular formula is C27H32N4O4. The highest BCUT2D eigenvalue weighted by Crippen LogP contribution is 2.34. The highest BCUT2D eigenvalue weighted by molar-refractivity contribution is 5.92. The van der Waals surface area contributed by atoms with Crippen molar-refractivity contribution in [1.29, 1.82) is 5.41 Å². The summed E-state index contributed by atoms with van der Waals surface area (Å²) in [5.41, 5.74) is 6.81. The number of non-ortho nitro benzene ring substituents is 1. The summed E-state index contributed by atoms with van der Waals surface area (Å²) in [6, 6.07) is 12.6. The molecule has 0 radical (unpaired) electrons. The van der Waals surface area contributed by atoms with Crippen molar-refractivity contribution in [2.75, 3.05) is 0 Å². The van der Waals surface area contributed by atoms with Crippen LogP contribution >= 0.6 is 0 Å². The van der Waals surface area contributed by atoms with Crippen molar-refractivity contribution in [1.82, 2.24) is 10.5 Å². The summed E-state index contributed by atoms with van der Waals surface area (Å²) >= 11 is 0. The number of benzene rings is 2. The van der Waals surface area contributed by atoms with E-state index in [4.69, 9.17) is 10.6 Å². The lowest BCUT2D eigenvalue weighted by molar-refractivity contribution is -0.384. The van der Waals surface area contributed by atoms with Crippen molar-refractivity contribution in [2.24, 2.45) is 0 Å². The predicted molar refractivity (Wildman–Crippen MR) is 138 cm³/mol. The van der Waals surface area contributed by atoms with Gasteiger partial charge in [0.1, 0.15) is 0 Å². The molecule has 1 aromatic heterocycles. The number of nitrogens with one attached hydrogen (secondary N) is 3. The van der Waals surface area contributed by atoms with E-state index < -0.39 is 5.91 Å². The second kappa shape index (κ2) is 10.7. The molecule has 0 saturated heterocycles. The van der Waals surface area contributed by atoms with Crippen LogP contribution in [0.15, 0.2) is 48.5 Å². The van der Waals surface area contributed by atoms with Crippen molar-refractivity contribution < 1.29 is 14.9 Å². The summed E-state index contributed by atoms with van der Waals surface area (Å²) < 4.78 is 0. The molecule has 0 fully saturated rings. The number of amides is 1. The van der Waals surface area contributed by atoms with Gasteiger partial charge in [-0.3, -0.25) is 20.1 Å². The first-order valence-electron chi connectivity index (χ1n) is 11.6. The van der Waals surface area contributed by atoms with Crippen molar-refractivity contribution in [3.8, 4) is 0 Å². The minimum absolute atomic E-state index is 0.0295. The maximum absolute atomic E-state index is 11.2. The van der Waals surface area contributed by atoms with Crippen LogP contribution in [0.3, 0.4) is 0 Å². The van der Waals surface area contributed by atoms with Gasteiger partial charge in [0.15, 0.2) is 0 Å². The van der Waals surface area contributed by atoms with Gasteiger partial charge in [0, 0.05) is 46.3 Å².